The van der Waals surface area contributed by atoms with E-state index in [4.69, 9.17) is 7.85 Å². The summed E-state index contributed by atoms with van der Waals surface area (Å²) in [6, 6.07) is 12.8. The van der Waals surface area contributed by atoms with Crippen molar-refractivity contribution in [1.82, 2.24) is 4.98 Å². The molecule has 0 bridgehead atoms. The lowest BCUT2D eigenvalue weighted by Crippen LogP contribution is -2.08. The lowest BCUT2D eigenvalue weighted by molar-refractivity contribution is 1.49. The van der Waals surface area contributed by atoms with Crippen molar-refractivity contribution in [1.29, 1.82) is 0 Å². The van der Waals surface area contributed by atoms with Crippen molar-refractivity contribution in [2.45, 2.75) is 0 Å². The van der Waals surface area contributed by atoms with E-state index in [9.17, 15) is 4.79 Å². The van der Waals surface area contributed by atoms with Gasteiger partial charge in [0, 0.05) is 21.8 Å². The van der Waals surface area contributed by atoms with Crippen LogP contribution in [-0.2, 0) is 0 Å². The highest BCUT2D eigenvalue weighted by Gasteiger charge is 2.03. The van der Waals surface area contributed by atoms with E-state index in [1.54, 1.807) is 18.2 Å². The molecule has 16 heavy (non-hydrogen) atoms. The largest absolute Gasteiger partial charge is 0.354 e. The van der Waals surface area contributed by atoms with E-state index in [2.05, 4.69) is 4.98 Å². The van der Waals surface area contributed by atoms with E-state index in [1.165, 1.54) is 0 Å². The number of hydrogen-bond acceptors (Lipinski definition) is 1. The van der Waals surface area contributed by atoms with Crippen LogP contribution >= 0.6 is 0 Å². The van der Waals surface area contributed by atoms with Crippen LogP contribution in [0, 0.1) is 0 Å². The van der Waals surface area contributed by atoms with Gasteiger partial charge in [-0.3, -0.25) is 4.79 Å². The highest BCUT2D eigenvalue weighted by Crippen LogP contribution is 2.12. The van der Waals surface area contributed by atoms with Crippen LogP contribution in [0.25, 0.3) is 21.8 Å². The maximum absolute atomic E-state index is 12.1. The summed E-state index contributed by atoms with van der Waals surface area (Å²) in [4.78, 5) is 15.3. The molecule has 2 radical (unpaired) electrons. The van der Waals surface area contributed by atoms with Crippen LogP contribution in [0.15, 0.2) is 47.3 Å². The summed E-state index contributed by atoms with van der Waals surface area (Å²) < 4.78 is 0. The van der Waals surface area contributed by atoms with Crippen molar-refractivity contribution in [3.63, 3.8) is 0 Å². The van der Waals surface area contributed by atoms with Crippen LogP contribution in [-0.4, -0.2) is 12.8 Å². The number of H-pyrrole nitrogens is 1. The maximum Gasteiger partial charge on any atom is 0.197 e. The smallest absolute Gasteiger partial charge is 0.197 e. The first kappa shape index (κ1) is 9.22. The fourth-order valence-corrected chi connectivity index (χ4v) is 1.94. The van der Waals surface area contributed by atoms with Gasteiger partial charge in [-0.25, -0.2) is 0 Å². The van der Waals surface area contributed by atoms with Gasteiger partial charge < -0.3 is 4.98 Å². The Morgan fingerprint density at radius 2 is 1.69 bits per heavy atom. The number of benzene rings is 2. The number of aromatic amines is 1. The molecule has 0 aliphatic carbocycles. The van der Waals surface area contributed by atoms with Gasteiger partial charge in [0.15, 0.2) is 5.43 Å². The number of fused-ring (bicyclic) bond motifs is 2. The van der Waals surface area contributed by atoms with Gasteiger partial charge in [-0.1, -0.05) is 23.7 Å². The van der Waals surface area contributed by atoms with E-state index < -0.39 is 0 Å². The predicted molar refractivity (Wildman–Crippen MR) is 67.5 cm³/mol. The molecule has 0 saturated heterocycles. The molecular weight excluding hydrogens is 197 g/mol. The Bertz CT molecular complexity index is 746. The Morgan fingerprint density at radius 1 is 0.938 bits per heavy atom. The molecule has 0 aliphatic heterocycles. The third-order valence-electron chi connectivity index (χ3n) is 2.73. The Balaban J connectivity index is 2.61. The number of hydrogen-bond donors (Lipinski definition) is 1. The van der Waals surface area contributed by atoms with Gasteiger partial charge in [0.05, 0.1) is 0 Å². The minimum absolute atomic E-state index is 0.0457. The zero-order valence-electron chi connectivity index (χ0n) is 8.53. The quantitative estimate of drug-likeness (QED) is 0.437. The predicted octanol–water partition coefficient (Wildman–Crippen LogP) is 1.48. The minimum atomic E-state index is 0.0457. The second-order valence-corrected chi connectivity index (χ2v) is 3.80. The molecule has 2 nitrogen and oxygen atoms in total. The summed E-state index contributed by atoms with van der Waals surface area (Å²) in [6.07, 6.45) is 0. The number of nitrogens with one attached hydrogen (secondary N) is 1. The van der Waals surface area contributed by atoms with E-state index >= 15 is 0 Å². The highest BCUT2D eigenvalue weighted by atomic mass is 16.1. The summed E-state index contributed by atoms with van der Waals surface area (Å²) in [5.74, 6) is 0. The standard InChI is InChI=1S/C13H8BNO/c14-8-5-6-10-12(7-8)15-11-4-2-1-3-9(11)13(10)16/h1-7H,(H,15,16). The molecule has 0 atom stereocenters. The monoisotopic (exact) mass is 205 g/mol. The molecule has 1 heterocycles. The van der Waals surface area contributed by atoms with Gasteiger partial charge >= 0.3 is 0 Å². The summed E-state index contributed by atoms with van der Waals surface area (Å²) in [5, 5.41) is 1.38. The zero-order valence-corrected chi connectivity index (χ0v) is 8.53. The average molecular weight is 205 g/mol. The zero-order chi connectivity index (χ0) is 11.1. The lowest BCUT2D eigenvalue weighted by atomic mass is 9.94. The van der Waals surface area contributed by atoms with E-state index in [0.29, 0.717) is 16.2 Å². The second-order valence-electron chi connectivity index (χ2n) is 3.80. The molecule has 0 saturated carbocycles. The minimum Gasteiger partial charge on any atom is -0.354 e. The average Bonchev–Trinajstić information content (AvgIpc) is 2.29. The summed E-state index contributed by atoms with van der Waals surface area (Å²) >= 11 is 0. The van der Waals surface area contributed by atoms with Crippen molar-refractivity contribution < 1.29 is 0 Å². The van der Waals surface area contributed by atoms with Crippen molar-refractivity contribution >= 4 is 35.1 Å². The van der Waals surface area contributed by atoms with Gasteiger partial charge in [0.1, 0.15) is 7.85 Å². The SMILES string of the molecule is [B]c1ccc2c(=O)c3ccccc3[nH]c2c1. The van der Waals surface area contributed by atoms with Crippen LogP contribution in [0.5, 0.6) is 0 Å². The Hall–Kier alpha value is -2.03. The number of aromatic nitrogens is 1. The van der Waals surface area contributed by atoms with Crippen LogP contribution in [0.1, 0.15) is 0 Å². The first-order valence-electron chi connectivity index (χ1n) is 5.06. The molecule has 2 aromatic carbocycles. The first-order chi connectivity index (χ1) is 7.75. The van der Waals surface area contributed by atoms with Crippen molar-refractivity contribution in [3.05, 3.63) is 52.7 Å². The van der Waals surface area contributed by atoms with Gasteiger partial charge in [0.25, 0.3) is 0 Å². The van der Waals surface area contributed by atoms with Crippen LogP contribution in [0.4, 0.5) is 0 Å². The van der Waals surface area contributed by atoms with E-state index in [0.717, 1.165) is 11.0 Å². The Kier molecular flexibility index (Phi) is 1.87. The molecule has 3 heteroatoms. The number of para-hydroxylation sites is 1. The molecule has 1 aromatic heterocycles. The van der Waals surface area contributed by atoms with Gasteiger partial charge in [-0.2, -0.15) is 0 Å². The third-order valence-corrected chi connectivity index (χ3v) is 2.73. The van der Waals surface area contributed by atoms with E-state index in [1.807, 2.05) is 24.3 Å². The Labute approximate surface area is 93.3 Å². The number of pyridine rings is 1. The van der Waals surface area contributed by atoms with E-state index in [-0.39, 0.29) is 5.43 Å². The van der Waals surface area contributed by atoms with Crippen LogP contribution < -0.4 is 10.9 Å². The lowest BCUT2D eigenvalue weighted by Gasteiger charge is -2.03. The summed E-state index contributed by atoms with van der Waals surface area (Å²) in [6.45, 7) is 0. The van der Waals surface area contributed by atoms with Gasteiger partial charge in [-0.15, -0.1) is 0 Å². The van der Waals surface area contributed by atoms with Gasteiger partial charge in [0.2, 0.25) is 0 Å². The molecule has 3 aromatic rings. The normalized spacial score (nSPS) is 11.0. The summed E-state index contributed by atoms with van der Waals surface area (Å²) in [7, 11) is 5.70. The fourth-order valence-electron chi connectivity index (χ4n) is 1.94. The molecule has 0 spiro atoms. The molecule has 1 N–H and O–H groups in total. The Morgan fingerprint density at radius 3 is 2.56 bits per heavy atom. The third kappa shape index (κ3) is 1.25. The van der Waals surface area contributed by atoms with Gasteiger partial charge in [-0.05, 0) is 24.3 Å². The molecule has 0 unspecified atom stereocenters. The number of rotatable bonds is 0. The molecule has 0 amide bonds. The topological polar surface area (TPSA) is 32.9 Å². The van der Waals surface area contributed by atoms with Crippen molar-refractivity contribution in [2.24, 2.45) is 0 Å². The molecular formula is C13H8BNO. The highest BCUT2D eigenvalue weighted by molar-refractivity contribution is 6.33. The van der Waals surface area contributed by atoms with Crippen LogP contribution in [0.3, 0.4) is 0 Å². The molecule has 0 aliphatic rings. The van der Waals surface area contributed by atoms with Crippen molar-refractivity contribution in [3.8, 4) is 0 Å². The maximum atomic E-state index is 12.1. The van der Waals surface area contributed by atoms with Crippen LogP contribution in [0.2, 0.25) is 0 Å². The molecule has 3 rings (SSSR count). The molecule has 0 fully saturated rings. The second kappa shape index (κ2) is 3.24. The van der Waals surface area contributed by atoms with Crippen molar-refractivity contribution in [2.75, 3.05) is 0 Å². The summed E-state index contributed by atoms with van der Waals surface area (Å²) in [5.41, 5.74) is 2.32. The molecule has 74 valence electrons. The first-order valence-corrected chi connectivity index (χ1v) is 5.06. The fraction of sp³-hybridized carbons (Fsp3) is 0.